The third-order valence-electron chi connectivity index (χ3n) is 3.81. The predicted octanol–water partition coefficient (Wildman–Crippen LogP) is 3.36. The van der Waals surface area contributed by atoms with E-state index in [1.165, 1.54) is 5.56 Å². The molecule has 1 heterocycles. The SMILES string of the molecule is CCOC(=O)N1CCC(NCc2ccc(C)cc2Cl)CC1. The van der Waals surface area contributed by atoms with Crippen LogP contribution in [0.1, 0.15) is 30.9 Å². The van der Waals surface area contributed by atoms with Gasteiger partial charge in [-0.25, -0.2) is 4.79 Å². The van der Waals surface area contributed by atoms with Crippen LogP contribution < -0.4 is 5.32 Å². The number of benzene rings is 1. The van der Waals surface area contributed by atoms with Crippen LogP contribution in [0.5, 0.6) is 0 Å². The summed E-state index contributed by atoms with van der Waals surface area (Å²) in [6.45, 7) is 6.56. The van der Waals surface area contributed by atoms with Crippen LogP contribution in [0.2, 0.25) is 5.02 Å². The first-order chi connectivity index (χ1) is 10.1. The number of ether oxygens (including phenoxy) is 1. The lowest BCUT2D eigenvalue weighted by atomic mass is 10.0. The van der Waals surface area contributed by atoms with E-state index in [1.54, 1.807) is 4.90 Å². The van der Waals surface area contributed by atoms with E-state index in [0.29, 0.717) is 12.6 Å². The Labute approximate surface area is 131 Å². The average molecular weight is 311 g/mol. The third kappa shape index (κ3) is 4.61. The van der Waals surface area contributed by atoms with Gasteiger partial charge in [0, 0.05) is 30.7 Å². The van der Waals surface area contributed by atoms with Crippen molar-refractivity contribution in [1.29, 1.82) is 0 Å². The molecule has 0 unspecified atom stereocenters. The predicted molar refractivity (Wildman–Crippen MR) is 84.6 cm³/mol. The Bertz CT molecular complexity index is 485. The summed E-state index contributed by atoms with van der Waals surface area (Å²) in [5.41, 5.74) is 2.29. The smallest absolute Gasteiger partial charge is 0.409 e. The van der Waals surface area contributed by atoms with E-state index in [9.17, 15) is 4.79 Å². The normalized spacial score (nSPS) is 16.0. The number of carbonyl (C=O) groups is 1. The second-order valence-electron chi connectivity index (χ2n) is 5.44. The zero-order valence-electron chi connectivity index (χ0n) is 12.7. The Hall–Kier alpha value is -1.26. The van der Waals surface area contributed by atoms with E-state index < -0.39 is 0 Å². The van der Waals surface area contributed by atoms with Crippen LogP contribution in [0.4, 0.5) is 4.79 Å². The summed E-state index contributed by atoms with van der Waals surface area (Å²) in [5, 5.41) is 4.34. The summed E-state index contributed by atoms with van der Waals surface area (Å²) in [5.74, 6) is 0. The van der Waals surface area contributed by atoms with E-state index in [2.05, 4.69) is 17.4 Å². The van der Waals surface area contributed by atoms with Gasteiger partial charge < -0.3 is 15.0 Å². The Kier molecular flexibility index (Phi) is 5.88. The zero-order valence-corrected chi connectivity index (χ0v) is 13.4. The van der Waals surface area contributed by atoms with Crippen molar-refractivity contribution in [3.05, 3.63) is 34.3 Å². The molecule has 21 heavy (non-hydrogen) atoms. The van der Waals surface area contributed by atoms with Gasteiger partial charge in [-0.3, -0.25) is 0 Å². The van der Waals surface area contributed by atoms with Crippen LogP contribution in [0, 0.1) is 6.92 Å². The number of hydrogen-bond donors (Lipinski definition) is 1. The molecule has 1 N–H and O–H groups in total. The second kappa shape index (κ2) is 7.66. The molecule has 1 fully saturated rings. The molecule has 0 aliphatic carbocycles. The summed E-state index contributed by atoms with van der Waals surface area (Å²) in [7, 11) is 0. The van der Waals surface area contributed by atoms with Gasteiger partial charge in [-0.15, -0.1) is 0 Å². The van der Waals surface area contributed by atoms with Crippen LogP contribution in [-0.2, 0) is 11.3 Å². The van der Waals surface area contributed by atoms with Crippen molar-refractivity contribution in [3.8, 4) is 0 Å². The lowest BCUT2D eigenvalue weighted by Crippen LogP contribution is -2.44. The van der Waals surface area contributed by atoms with Crippen molar-refractivity contribution < 1.29 is 9.53 Å². The van der Waals surface area contributed by atoms with Crippen LogP contribution in [0.25, 0.3) is 0 Å². The first-order valence-electron chi connectivity index (χ1n) is 7.50. The lowest BCUT2D eigenvalue weighted by Gasteiger charge is -2.31. The molecule has 0 aromatic heterocycles. The van der Waals surface area contributed by atoms with Gasteiger partial charge in [-0.2, -0.15) is 0 Å². The molecule has 5 heteroatoms. The summed E-state index contributed by atoms with van der Waals surface area (Å²) >= 11 is 6.24. The highest BCUT2D eigenvalue weighted by molar-refractivity contribution is 6.31. The fourth-order valence-electron chi connectivity index (χ4n) is 2.53. The molecule has 1 aliphatic rings. The van der Waals surface area contributed by atoms with Crippen LogP contribution in [0.3, 0.4) is 0 Å². The molecule has 0 bridgehead atoms. The lowest BCUT2D eigenvalue weighted by molar-refractivity contribution is 0.0950. The summed E-state index contributed by atoms with van der Waals surface area (Å²) < 4.78 is 5.02. The molecule has 1 amide bonds. The van der Waals surface area contributed by atoms with Gasteiger partial charge in [0.1, 0.15) is 0 Å². The maximum atomic E-state index is 11.6. The molecule has 0 spiro atoms. The largest absolute Gasteiger partial charge is 0.450 e. The molecule has 116 valence electrons. The quantitative estimate of drug-likeness (QED) is 0.927. The number of hydrogen-bond acceptors (Lipinski definition) is 3. The Morgan fingerprint density at radius 2 is 2.14 bits per heavy atom. The minimum atomic E-state index is -0.197. The Morgan fingerprint density at radius 1 is 1.43 bits per heavy atom. The monoisotopic (exact) mass is 310 g/mol. The van der Waals surface area contributed by atoms with Crippen LogP contribution >= 0.6 is 11.6 Å². The maximum absolute atomic E-state index is 11.6. The minimum absolute atomic E-state index is 0.197. The second-order valence-corrected chi connectivity index (χ2v) is 5.84. The van der Waals surface area contributed by atoms with Gasteiger partial charge in [0.05, 0.1) is 6.61 Å². The number of carbonyl (C=O) groups excluding carboxylic acids is 1. The molecule has 0 atom stereocenters. The molecule has 1 aliphatic heterocycles. The number of halogens is 1. The van der Waals surface area contributed by atoms with Crippen LogP contribution in [0.15, 0.2) is 18.2 Å². The summed E-state index contributed by atoms with van der Waals surface area (Å²) in [6.07, 6.45) is 1.70. The van der Waals surface area contributed by atoms with Crippen molar-refractivity contribution >= 4 is 17.7 Å². The highest BCUT2D eigenvalue weighted by Gasteiger charge is 2.23. The number of rotatable bonds is 4. The van der Waals surface area contributed by atoms with E-state index >= 15 is 0 Å². The van der Waals surface area contributed by atoms with Crippen molar-refractivity contribution in [2.24, 2.45) is 0 Å². The number of likely N-dealkylation sites (tertiary alicyclic amines) is 1. The first kappa shape index (κ1) is 16.1. The number of piperidine rings is 1. The van der Waals surface area contributed by atoms with Crippen molar-refractivity contribution in [3.63, 3.8) is 0 Å². The molecular weight excluding hydrogens is 288 g/mol. The number of nitrogens with one attached hydrogen (secondary N) is 1. The van der Waals surface area contributed by atoms with Gasteiger partial charge in [0.2, 0.25) is 0 Å². The standard InChI is InChI=1S/C16H23ClN2O2/c1-3-21-16(20)19-8-6-14(7-9-19)18-11-13-5-4-12(2)10-15(13)17/h4-5,10,14,18H,3,6-9,11H2,1-2H3. The third-order valence-corrected chi connectivity index (χ3v) is 4.16. The fraction of sp³-hybridized carbons (Fsp3) is 0.562. The summed E-state index contributed by atoms with van der Waals surface area (Å²) in [6, 6.07) is 6.56. The van der Waals surface area contributed by atoms with Crippen LogP contribution in [-0.4, -0.2) is 36.7 Å². The Morgan fingerprint density at radius 3 is 2.76 bits per heavy atom. The molecule has 0 saturated carbocycles. The number of nitrogens with zero attached hydrogens (tertiary/aromatic N) is 1. The maximum Gasteiger partial charge on any atom is 0.409 e. The van der Waals surface area contributed by atoms with Gasteiger partial charge in [0.25, 0.3) is 0 Å². The highest BCUT2D eigenvalue weighted by atomic mass is 35.5. The fourth-order valence-corrected chi connectivity index (χ4v) is 2.83. The molecule has 1 aromatic rings. The van der Waals surface area contributed by atoms with Gasteiger partial charge in [0.15, 0.2) is 0 Å². The van der Waals surface area contributed by atoms with E-state index in [4.69, 9.17) is 16.3 Å². The molecule has 1 saturated heterocycles. The molecular formula is C16H23ClN2O2. The first-order valence-corrected chi connectivity index (χ1v) is 7.88. The van der Waals surface area contributed by atoms with E-state index in [0.717, 1.165) is 43.1 Å². The number of aryl methyl sites for hydroxylation is 1. The van der Waals surface area contributed by atoms with E-state index in [1.807, 2.05) is 19.9 Å². The van der Waals surface area contributed by atoms with Gasteiger partial charge >= 0.3 is 6.09 Å². The average Bonchev–Trinajstić information content (AvgIpc) is 2.47. The van der Waals surface area contributed by atoms with Gasteiger partial charge in [-0.05, 0) is 43.9 Å². The molecule has 0 radical (unpaired) electrons. The molecule has 1 aromatic carbocycles. The molecule has 2 rings (SSSR count). The number of amides is 1. The minimum Gasteiger partial charge on any atom is -0.450 e. The van der Waals surface area contributed by atoms with Crippen molar-refractivity contribution in [2.45, 2.75) is 39.3 Å². The van der Waals surface area contributed by atoms with E-state index in [-0.39, 0.29) is 6.09 Å². The molecule has 4 nitrogen and oxygen atoms in total. The van der Waals surface area contributed by atoms with Gasteiger partial charge in [-0.1, -0.05) is 23.7 Å². The topological polar surface area (TPSA) is 41.6 Å². The van der Waals surface area contributed by atoms with Crippen molar-refractivity contribution in [2.75, 3.05) is 19.7 Å². The Balaban J connectivity index is 1.77. The summed E-state index contributed by atoms with van der Waals surface area (Å²) in [4.78, 5) is 13.4. The van der Waals surface area contributed by atoms with Crippen molar-refractivity contribution in [1.82, 2.24) is 10.2 Å². The zero-order chi connectivity index (χ0) is 15.2. The highest BCUT2D eigenvalue weighted by Crippen LogP contribution is 2.18.